The number of benzene rings is 2. The van der Waals surface area contributed by atoms with Gasteiger partial charge in [0.25, 0.3) is 0 Å². The molecule has 6 heteroatoms. The van der Waals surface area contributed by atoms with Crippen LogP contribution in [0.5, 0.6) is 0 Å². The zero-order valence-corrected chi connectivity index (χ0v) is 16.4. The summed E-state index contributed by atoms with van der Waals surface area (Å²) < 4.78 is 32.3. The zero-order chi connectivity index (χ0) is 20.8. The molecule has 2 aromatic carbocycles. The van der Waals surface area contributed by atoms with Crippen LogP contribution in [0.25, 0.3) is 11.1 Å². The molecule has 0 bridgehead atoms. The number of ether oxygens (including phenoxy) is 1. The Morgan fingerprint density at radius 2 is 1.66 bits per heavy atom. The molecule has 1 amide bonds. The lowest BCUT2D eigenvalue weighted by molar-refractivity contribution is -0.126. The van der Waals surface area contributed by atoms with Gasteiger partial charge in [0.1, 0.15) is 5.92 Å². The normalized spacial score (nSPS) is 26.8. The Labute approximate surface area is 168 Å². The summed E-state index contributed by atoms with van der Waals surface area (Å²) in [6.07, 6.45) is 2.69. The van der Waals surface area contributed by atoms with Crippen molar-refractivity contribution in [2.75, 3.05) is 7.11 Å². The summed E-state index contributed by atoms with van der Waals surface area (Å²) in [5.74, 6) is -3.15. The summed E-state index contributed by atoms with van der Waals surface area (Å²) in [7, 11) is 1.66. The van der Waals surface area contributed by atoms with Crippen molar-refractivity contribution in [1.29, 1.82) is 0 Å². The Kier molecular flexibility index (Phi) is 4.99. The van der Waals surface area contributed by atoms with E-state index in [2.05, 4.69) is 5.32 Å². The number of ketones is 1. The third kappa shape index (κ3) is 3.35. The molecule has 4 rings (SSSR count). The first-order chi connectivity index (χ1) is 13.8. The van der Waals surface area contributed by atoms with Crippen LogP contribution in [0.2, 0.25) is 0 Å². The average molecular weight is 399 g/mol. The van der Waals surface area contributed by atoms with E-state index in [9.17, 15) is 18.4 Å². The summed E-state index contributed by atoms with van der Waals surface area (Å²) >= 11 is 0. The van der Waals surface area contributed by atoms with Crippen LogP contribution in [0.4, 0.5) is 8.78 Å². The third-order valence-electron chi connectivity index (χ3n) is 6.32. The van der Waals surface area contributed by atoms with Crippen molar-refractivity contribution in [3.63, 3.8) is 0 Å². The minimum atomic E-state index is -0.937. The van der Waals surface area contributed by atoms with E-state index in [1.807, 2.05) is 6.92 Å². The number of nitrogens with one attached hydrogen (secondary N) is 1. The van der Waals surface area contributed by atoms with Gasteiger partial charge in [-0.3, -0.25) is 9.59 Å². The van der Waals surface area contributed by atoms with Gasteiger partial charge in [-0.05, 0) is 73.1 Å². The van der Waals surface area contributed by atoms with Crippen LogP contribution in [0.1, 0.15) is 42.7 Å². The molecule has 0 aromatic heterocycles. The van der Waals surface area contributed by atoms with Crippen molar-refractivity contribution in [2.45, 2.75) is 50.2 Å². The number of carbonyl (C=O) groups excluding carboxylic acids is 2. The third-order valence-corrected chi connectivity index (χ3v) is 6.32. The van der Waals surface area contributed by atoms with Crippen LogP contribution in [-0.2, 0) is 14.3 Å². The second kappa shape index (κ2) is 7.34. The van der Waals surface area contributed by atoms with Gasteiger partial charge in [-0.2, -0.15) is 0 Å². The molecule has 2 fully saturated rings. The number of Topliss-reactive ketones (excluding diaryl/α,β-unsaturated/α-hetero) is 1. The van der Waals surface area contributed by atoms with Crippen LogP contribution in [0, 0.1) is 18.6 Å². The van der Waals surface area contributed by atoms with E-state index in [4.69, 9.17) is 4.74 Å². The van der Waals surface area contributed by atoms with Gasteiger partial charge in [0, 0.05) is 7.11 Å². The van der Waals surface area contributed by atoms with Crippen LogP contribution in [-0.4, -0.2) is 30.4 Å². The highest BCUT2D eigenvalue weighted by Crippen LogP contribution is 2.41. The van der Waals surface area contributed by atoms with E-state index in [1.165, 1.54) is 6.07 Å². The van der Waals surface area contributed by atoms with E-state index >= 15 is 0 Å². The molecule has 1 saturated carbocycles. The van der Waals surface area contributed by atoms with Crippen LogP contribution in [0.15, 0.2) is 36.4 Å². The van der Waals surface area contributed by atoms with E-state index in [1.54, 1.807) is 25.3 Å². The summed E-state index contributed by atoms with van der Waals surface area (Å²) in [5, 5.41) is 2.96. The number of rotatable bonds is 3. The van der Waals surface area contributed by atoms with Crippen molar-refractivity contribution < 1.29 is 23.1 Å². The van der Waals surface area contributed by atoms with Crippen molar-refractivity contribution in [3.8, 4) is 11.1 Å². The maximum absolute atomic E-state index is 13.7. The topological polar surface area (TPSA) is 55.4 Å². The number of carbonyl (C=O) groups is 2. The highest BCUT2D eigenvalue weighted by atomic mass is 19.2. The lowest BCUT2D eigenvalue weighted by Crippen LogP contribution is -2.50. The molecule has 1 atom stereocenters. The van der Waals surface area contributed by atoms with Gasteiger partial charge in [0.2, 0.25) is 5.91 Å². The lowest BCUT2D eigenvalue weighted by Gasteiger charge is -2.35. The largest absolute Gasteiger partial charge is 0.381 e. The first-order valence-corrected chi connectivity index (χ1v) is 9.80. The Morgan fingerprint density at radius 1 is 1.00 bits per heavy atom. The molecule has 1 saturated heterocycles. The van der Waals surface area contributed by atoms with Gasteiger partial charge in [0.05, 0.1) is 11.6 Å². The van der Waals surface area contributed by atoms with E-state index in [0.29, 0.717) is 29.5 Å². The predicted molar refractivity (Wildman–Crippen MR) is 104 cm³/mol. The summed E-state index contributed by atoms with van der Waals surface area (Å²) in [5.41, 5.74) is 1.72. The highest BCUT2D eigenvalue weighted by Gasteiger charge is 2.54. The van der Waals surface area contributed by atoms with Crippen LogP contribution in [0.3, 0.4) is 0 Å². The number of methoxy groups -OCH3 is 1. The number of aryl methyl sites for hydroxylation is 1. The molecule has 2 aliphatic rings. The molecule has 1 N–H and O–H groups in total. The Balaban J connectivity index is 1.68. The van der Waals surface area contributed by atoms with Crippen molar-refractivity contribution in [2.24, 2.45) is 0 Å². The fourth-order valence-electron chi connectivity index (χ4n) is 4.55. The molecule has 29 heavy (non-hydrogen) atoms. The maximum atomic E-state index is 13.7. The average Bonchev–Trinajstić information content (AvgIpc) is 2.95. The van der Waals surface area contributed by atoms with Gasteiger partial charge >= 0.3 is 0 Å². The summed E-state index contributed by atoms with van der Waals surface area (Å²) in [6.45, 7) is 1.84. The summed E-state index contributed by atoms with van der Waals surface area (Å²) in [6, 6.07) is 9.00. The predicted octanol–water partition coefficient (Wildman–Crippen LogP) is 4.05. The first-order valence-electron chi connectivity index (χ1n) is 9.80. The van der Waals surface area contributed by atoms with Gasteiger partial charge in [-0.15, -0.1) is 0 Å². The summed E-state index contributed by atoms with van der Waals surface area (Å²) in [4.78, 5) is 26.2. The second-order valence-corrected chi connectivity index (χ2v) is 8.00. The van der Waals surface area contributed by atoms with Crippen molar-refractivity contribution in [1.82, 2.24) is 5.32 Å². The quantitative estimate of drug-likeness (QED) is 0.793. The number of hydrogen-bond donors (Lipinski definition) is 1. The lowest BCUT2D eigenvalue weighted by atomic mass is 9.75. The molecule has 1 aliphatic heterocycles. The molecule has 152 valence electrons. The van der Waals surface area contributed by atoms with E-state index in [0.717, 1.165) is 30.5 Å². The van der Waals surface area contributed by atoms with Gasteiger partial charge < -0.3 is 10.1 Å². The maximum Gasteiger partial charge on any atom is 0.235 e. The molecular formula is C23H23F2NO3. The highest BCUT2D eigenvalue weighted by molar-refractivity contribution is 6.17. The van der Waals surface area contributed by atoms with E-state index < -0.39 is 23.1 Å². The van der Waals surface area contributed by atoms with Gasteiger partial charge in [0.15, 0.2) is 17.4 Å². The fraction of sp³-hybridized carbons (Fsp3) is 0.391. The SMILES string of the molecule is COC1CCC2(CC1)NC(=O)C(c1cc(-c3ccc(F)c(F)c3)ccc1C)C2=O. The number of hydrogen-bond acceptors (Lipinski definition) is 3. The molecular weight excluding hydrogens is 376 g/mol. The fourth-order valence-corrected chi connectivity index (χ4v) is 4.55. The zero-order valence-electron chi connectivity index (χ0n) is 16.4. The number of amides is 1. The molecule has 1 aliphatic carbocycles. The second-order valence-electron chi connectivity index (χ2n) is 8.00. The molecule has 1 heterocycles. The standard InChI is InChI=1S/C23H23F2NO3/c1-13-3-4-14(15-5-6-18(24)19(25)12-15)11-17(13)20-21(27)23(26-22(20)28)9-7-16(29-2)8-10-23/h3-6,11-12,16,20H,7-10H2,1-2H3,(H,26,28). The molecule has 0 radical (unpaired) electrons. The van der Waals surface area contributed by atoms with E-state index in [-0.39, 0.29) is 17.8 Å². The number of halogens is 2. The minimum absolute atomic E-state index is 0.109. The Morgan fingerprint density at radius 3 is 2.31 bits per heavy atom. The van der Waals surface area contributed by atoms with Crippen LogP contribution < -0.4 is 5.32 Å². The molecule has 4 nitrogen and oxygen atoms in total. The monoisotopic (exact) mass is 399 g/mol. The first kappa shape index (κ1) is 19.7. The molecule has 2 aromatic rings. The van der Waals surface area contributed by atoms with Crippen molar-refractivity contribution >= 4 is 11.7 Å². The molecule has 1 unspecified atom stereocenters. The Bertz CT molecular complexity index is 980. The Hall–Kier alpha value is -2.60. The minimum Gasteiger partial charge on any atom is -0.381 e. The molecule has 1 spiro atoms. The van der Waals surface area contributed by atoms with Gasteiger partial charge in [-0.1, -0.05) is 18.2 Å². The van der Waals surface area contributed by atoms with Crippen LogP contribution >= 0.6 is 0 Å². The smallest absolute Gasteiger partial charge is 0.235 e. The van der Waals surface area contributed by atoms with Gasteiger partial charge in [-0.25, -0.2) is 8.78 Å². The van der Waals surface area contributed by atoms with Crippen molar-refractivity contribution in [3.05, 3.63) is 59.2 Å².